The minimum absolute atomic E-state index is 0.0227. The number of rotatable bonds is 7. The van der Waals surface area contributed by atoms with Gasteiger partial charge in [-0.1, -0.05) is 0 Å². The first-order valence-corrected chi connectivity index (χ1v) is 5.65. The molecule has 0 aliphatic heterocycles. The van der Waals surface area contributed by atoms with Gasteiger partial charge in [0.1, 0.15) is 0 Å². The molecular weight excluding hydrogens is 234 g/mol. The number of carbonyl (C=O) groups is 1. The van der Waals surface area contributed by atoms with Gasteiger partial charge >= 0.3 is 0 Å². The molecule has 1 rings (SSSR count). The molecule has 0 heterocycles. The molecule has 0 aromatic heterocycles. The Morgan fingerprint density at radius 3 is 2.44 bits per heavy atom. The summed E-state index contributed by atoms with van der Waals surface area (Å²) in [4.78, 5) is 12.0. The maximum Gasteiger partial charge on any atom is 0.166 e. The van der Waals surface area contributed by atoms with E-state index in [2.05, 4.69) is 0 Å². The number of nitrogens with two attached hydrogens (primary N) is 1. The second-order valence-corrected chi connectivity index (χ2v) is 3.72. The summed E-state index contributed by atoms with van der Waals surface area (Å²) in [6.07, 6.45) is 0.298. The van der Waals surface area contributed by atoms with Crippen LogP contribution < -0.4 is 15.2 Å². The zero-order valence-corrected chi connectivity index (χ0v) is 11.0. The molecule has 2 N–H and O–H groups in total. The predicted molar refractivity (Wildman–Crippen MR) is 68.3 cm³/mol. The van der Waals surface area contributed by atoms with E-state index < -0.39 is 0 Å². The Labute approximate surface area is 107 Å². The van der Waals surface area contributed by atoms with E-state index in [1.165, 1.54) is 7.11 Å². The average Bonchev–Trinajstić information content (AvgIpc) is 2.38. The van der Waals surface area contributed by atoms with Crippen molar-refractivity contribution in [3.63, 3.8) is 0 Å². The van der Waals surface area contributed by atoms with Gasteiger partial charge in [-0.3, -0.25) is 4.79 Å². The molecule has 0 saturated heterocycles. The zero-order chi connectivity index (χ0) is 13.5. The smallest absolute Gasteiger partial charge is 0.166 e. The fourth-order valence-electron chi connectivity index (χ4n) is 1.81. The van der Waals surface area contributed by atoms with Crippen molar-refractivity contribution >= 4 is 5.78 Å². The summed E-state index contributed by atoms with van der Waals surface area (Å²) in [5.41, 5.74) is 6.67. The monoisotopic (exact) mass is 253 g/mol. The average molecular weight is 253 g/mol. The molecule has 5 heteroatoms. The zero-order valence-electron chi connectivity index (χ0n) is 11.0. The highest BCUT2D eigenvalue weighted by Crippen LogP contribution is 2.34. The quantitative estimate of drug-likeness (QED) is 0.743. The number of ether oxygens (including phenoxy) is 3. The first-order chi connectivity index (χ1) is 8.69. The SMILES string of the molecule is COCc1c(C(=O)CCN)ccc(OC)c1OC. The Morgan fingerprint density at radius 2 is 1.94 bits per heavy atom. The van der Waals surface area contributed by atoms with E-state index in [1.54, 1.807) is 26.4 Å². The number of ketones is 1. The van der Waals surface area contributed by atoms with Crippen molar-refractivity contribution in [2.24, 2.45) is 5.73 Å². The lowest BCUT2D eigenvalue weighted by Crippen LogP contribution is -2.12. The number of Topliss-reactive ketones (excluding diaryl/α,β-unsaturated/α-hetero) is 1. The van der Waals surface area contributed by atoms with Crippen LogP contribution >= 0.6 is 0 Å². The summed E-state index contributed by atoms with van der Waals surface area (Å²) in [5.74, 6) is 1.08. The molecule has 1 aromatic rings. The molecule has 1 aromatic carbocycles. The lowest BCUT2D eigenvalue weighted by Gasteiger charge is -2.15. The van der Waals surface area contributed by atoms with Gasteiger partial charge in [-0.15, -0.1) is 0 Å². The van der Waals surface area contributed by atoms with E-state index in [4.69, 9.17) is 19.9 Å². The largest absolute Gasteiger partial charge is 0.493 e. The molecule has 18 heavy (non-hydrogen) atoms. The van der Waals surface area contributed by atoms with Crippen molar-refractivity contribution in [3.05, 3.63) is 23.3 Å². The van der Waals surface area contributed by atoms with E-state index in [9.17, 15) is 4.79 Å². The van der Waals surface area contributed by atoms with Gasteiger partial charge in [-0.2, -0.15) is 0 Å². The van der Waals surface area contributed by atoms with Gasteiger partial charge in [0.15, 0.2) is 17.3 Å². The third kappa shape index (κ3) is 3.00. The summed E-state index contributed by atoms with van der Waals surface area (Å²) in [6, 6.07) is 3.43. The van der Waals surface area contributed by atoms with Crippen molar-refractivity contribution in [1.82, 2.24) is 0 Å². The summed E-state index contributed by atoms with van der Waals surface area (Å²) in [5, 5.41) is 0. The van der Waals surface area contributed by atoms with E-state index in [0.717, 1.165) is 0 Å². The van der Waals surface area contributed by atoms with Crippen LogP contribution in [-0.2, 0) is 11.3 Å². The topological polar surface area (TPSA) is 70.8 Å². The highest BCUT2D eigenvalue weighted by molar-refractivity contribution is 5.98. The van der Waals surface area contributed by atoms with Crippen LogP contribution in [0.25, 0.3) is 0 Å². The molecule has 100 valence electrons. The number of hydrogen-bond acceptors (Lipinski definition) is 5. The third-order valence-electron chi connectivity index (χ3n) is 2.61. The molecule has 5 nitrogen and oxygen atoms in total. The first kappa shape index (κ1) is 14.5. The van der Waals surface area contributed by atoms with Crippen LogP contribution in [0.2, 0.25) is 0 Å². The third-order valence-corrected chi connectivity index (χ3v) is 2.61. The summed E-state index contributed by atoms with van der Waals surface area (Å²) < 4.78 is 15.6. The lowest BCUT2D eigenvalue weighted by atomic mass is 10.0. The van der Waals surface area contributed by atoms with E-state index >= 15 is 0 Å². The van der Waals surface area contributed by atoms with Gasteiger partial charge in [0.2, 0.25) is 0 Å². The van der Waals surface area contributed by atoms with Crippen LogP contribution in [0.4, 0.5) is 0 Å². The fourth-order valence-corrected chi connectivity index (χ4v) is 1.81. The molecule has 0 spiro atoms. The first-order valence-electron chi connectivity index (χ1n) is 5.65. The highest BCUT2D eigenvalue weighted by atomic mass is 16.5. The molecule has 0 fully saturated rings. The minimum atomic E-state index is -0.0227. The standard InChI is InChI=1S/C13H19NO4/c1-16-8-10-9(11(15)6-7-14)4-5-12(17-2)13(10)18-3/h4-5H,6-8,14H2,1-3H3. The highest BCUT2D eigenvalue weighted by Gasteiger charge is 2.18. The minimum Gasteiger partial charge on any atom is -0.493 e. The fraction of sp³-hybridized carbons (Fsp3) is 0.462. The van der Waals surface area contributed by atoms with Gasteiger partial charge in [0, 0.05) is 24.7 Å². The lowest BCUT2D eigenvalue weighted by molar-refractivity contribution is 0.0979. The molecule has 0 unspecified atom stereocenters. The molecule has 0 saturated carbocycles. The Bertz CT molecular complexity index is 418. The van der Waals surface area contributed by atoms with Crippen molar-refractivity contribution in [2.75, 3.05) is 27.9 Å². The molecule has 0 aliphatic rings. The Balaban J connectivity index is 3.29. The van der Waals surface area contributed by atoms with E-state index in [0.29, 0.717) is 35.6 Å². The van der Waals surface area contributed by atoms with Crippen LogP contribution in [0.3, 0.4) is 0 Å². The Morgan fingerprint density at radius 1 is 1.22 bits per heavy atom. The normalized spacial score (nSPS) is 10.2. The van der Waals surface area contributed by atoms with Crippen LogP contribution in [-0.4, -0.2) is 33.7 Å². The van der Waals surface area contributed by atoms with Crippen molar-refractivity contribution in [1.29, 1.82) is 0 Å². The van der Waals surface area contributed by atoms with Gasteiger partial charge < -0.3 is 19.9 Å². The van der Waals surface area contributed by atoms with Crippen LogP contribution in [0.1, 0.15) is 22.3 Å². The molecule has 0 aliphatic carbocycles. The molecule has 0 amide bonds. The van der Waals surface area contributed by atoms with Crippen molar-refractivity contribution in [2.45, 2.75) is 13.0 Å². The van der Waals surface area contributed by atoms with E-state index in [-0.39, 0.29) is 12.4 Å². The second-order valence-electron chi connectivity index (χ2n) is 3.72. The van der Waals surface area contributed by atoms with Gasteiger partial charge in [0.25, 0.3) is 0 Å². The number of methoxy groups -OCH3 is 3. The van der Waals surface area contributed by atoms with Crippen LogP contribution in [0.15, 0.2) is 12.1 Å². The van der Waals surface area contributed by atoms with Gasteiger partial charge in [-0.25, -0.2) is 0 Å². The maximum absolute atomic E-state index is 12.0. The van der Waals surface area contributed by atoms with Gasteiger partial charge in [-0.05, 0) is 18.7 Å². The molecule has 0 atom stereocenters. The summed E-state index contributed by atoms with van der Waals surface area (Å²) in [6.45, 7) is 0.603. The molecule has 0 radical (unpaired) electrons. The van der Waals surface area contributed by atoms with Crippen molar-refractivity contribution < 1.29 is 19.0 Å². The molecular formula is C13H19NO4. The molecule has 0 bridgehead atoms. The van der Waals surface area contributed by atoms with E-state index in [1.807, 2.05) is 0 Å². The number of benzene rings is 1. The van der Waals surface area contributed by atoms with Crippen LogP contribution in [0, 0.1) is 0 Å². The summed E-state index contributed by atoms with van der Waals surface area (Å²) in [7, 11) is 4.65. The van der Waals surface area contributed by atoms with Gasteiger partial charge in [0.05, 0.1) is 20.8 Å². The Kier molecular flexibility index (Phi) is 5.61. The number of carbonyl (C=O) groups excluding carboxylic acids is 1. The predicted octanol–water partition coefficient (Wildman–Crippen LogP) is 1.38. The second kappa shape index (κ2) is 6.98. The summed E-state index contributed by atoms with van der Waals surface area (Å²) >= 11 is 0. The number of hydrogen-bond donors (Lipinski definition) is 1. The Hall–Kier alpha value is -1.59. The van der Waals surface area contributed by atoms with Crippen LogP contribution in [0.5, 0.6) is 11.5 Å². The maximum atomic E-state index is 12.0. The van der Waals surface area contributed by atoms with Crippen molar-refractivity contribution in [3.8, 4) is 11.5 Å².